The molecule has 0 aliphatic rings. The van der Waals surface area contributed by atoms with Gasteiger partial charge in [0.1, 0.15) is 10.8 Å². The minimum absolute atomic E-state index is 0.106. The monoisotopic (exact) mass is 345 g/mol. The van der Waals surface area contributed by atoms with E-state index in [1.54, 1.807) is 0 Å². The van der Waals surface area contributed by atoms with Gasteiger partial charge in [0.05, 0.1) is 11.5 Å². The normalized spacial score (nSPS) is 11.8. The Labute approximate surface area is 123 Å². The van der Waals surface area contributed by atoms with Crippen molar-refractivity contribution in [1.29, 1.82) is 0 Å². The average molecular weight is 345 g/mol. The number of nitro groups is 1. The lowest BCUT2D eigenvalue weighted by molar-refractivity contribution is -0.383. The first kappa shape index (κ1) is 17.7. The predicted molar refractivity (Wildman–Crippen MR) is 72.5 cm³/mol. The zero-order valence-corrected chi connectivity index (χ0v) is 12.5. The smallest absolute Gasteiger partial charge is 0.304 e. The first-order valence-electron chi connectivity index (χ1n) is 5.59. The number of nitrogens with one attached hydrogen (secondary N) is 2. The SMILES string of the molecule is CNc1sc(S(=O)(=O)NCCOCC(F)F)cc1[N+](=O)[O-]. The number of ether oxygens (including phenoxy) is 1. The molecule has 0 fully saturated rings. The summed E-state index contributed by atoms with van der Waals surface area (Å²) >= 11 is 0.699. The van der Waals surface area contributed by atoms with E-state index in [-0.39, 0.29) is 28.0 Å². The topological polar surface area (TPSA) is 111 Å². The Morgan fingerprint density at radius 3 is 2.67 bits per heavy atom. The van der Waals surface area contributed by atoms with Crippen LogP contribution in [0.3, 0.4) is 0 Å². The van der Waals surface area contributed by atoms with Gasteiger partial charge < -0.3 is 10.1 Å². The van der Waals surface area contributed by atoms with Crippen LogP contribution < -0.4 is 10.0 Å². The maximum atomic E-state index is 11.9. The van der Waals surface area contributed by atoms with Gasteiger partial charge in [-0.2, -0.15) is 0 Å². The van der Waals surface area contributed by atoms with Crippen LogP contribution >= 0.6 is 11.3 Å². The summed E-state index contributed by atoms with van der Waals surface area (Å²) in [4.78, 5) is 10.0. The van der Waals surface area contributed by atoms with Gasteiger partial charge in [0.25, 0.3) is 6.43 Å². The number of hydrogen-bond acceptors (Lipinski definition) is 7. The van der Waals surface area contributed by atoms with E-state index in [9.17, 15) is 27.3 Å². The third-order valence-electron chi connectivity index (χ3n) is 2.16. The van der Waals surface area contributed by atoms with E-state index in [1.165, 1.54) is 7.05 Å². The van der Waals surface area contributed by atoms with Crippen LogP contribution in [-0.2, 0) is 14.8 Å². The summed E-state index contributed by atoms with van der Waals surface area (Å²) in [5, 5.41) is 13.4. The fraction of sp³-hybridized carbons (Fsp3) is 0.556. The van der Waals surface area contributed by atoms with Crippen molar-refractivity contribution < 1.29 is 26.9 Å². The highest BCUT2D eigenvalue weighted by Gasteiger charge is 2.25. The second kappa shape index (κ2) is 7.59. The lowest BCUT2D eigenvalue weighted by atomic mass is 10.5. The van der Waals surface area contributed by atoms with Gasteiger partial charge in [-0.1, -0.05) is 11.3 Å². The molecule has 1 rings (SSSR count). The van der Waals surface area contributed by atoms with Crippen LogP contribution in [0.2, 0.25) is 0 Å². The molecule has 1 aromatic rings. The molecule has 12 heteroatoms. The van der Waals surface area contributed by atoms with Crippen LogP contribution in [0, 0.1) is 10.1 Å². The highest BCUT2D eigenvalue weighted by Crippen LogP contribution is 2.36. The fourth-order valence-electron chi connectivity index (χ4n) is 1.30. The van der Waals surface area contributed by atoms with Gasteiger partial charge in [0, 0.05) is 19.7 Å². The molecular weight excluding hydrogens is 332 g/mol. The van der Waals surface area contributed by atoms with Crippen molar-refractivity contribution in [1.82, 2.24) is 4.72 Å². The molecule has 0 unspecified atom stereocenters. The highest BCUT2D eigenvalue weighted by atomic mass is 32.2. The number of sulfonamides is 1. The van der Waals surface area contributed by atoms with Gasteiger partial charge in [-0.25, -0.2) is 21.9 Å². The maximum Gasteiger partial charge on any atom is 0.304 e. The lowest BCUT2D eigenvalue weighted by Crippen LogP contribution is -2.27. The number of anilines is 1. The maximum absolute atomic E-state index is 11.9. The minimum atomic E-state index is -3.95. The molecule has 1 aromatic heterocycles. The molecule has 2 N–H and O–H groups in total. The standard InChI is InChI=1S/C9H13F2N3O5S2/c1-12-9-6(14(15)16)4-8(20-9)21(17,18)13-2-3-19-5-7(10)11/h4,7,12-13H,2-3,5H2,1H3. The third kappa shape index (κ3) is 5.15. The summed E-state index contributed by atoms with van der Waals surface area (Å²) in [6.45, 7) is -1.22. The van der Waals surface area contributed by atoms with Crippen LogP contribution in [0.4, 0.5) is 19.5 Å². The first-order chi connectivity index (χ1) is 9.77. The molecule has 0 bridgehead atoms. The van der Waals surface area contributed by atoms with Gasteiger partial charge in [-0.15, -0.1) is 0 Å². The summed E-state index contributed by atoms with van der Waals surface area (Å²) in [5.41, 5.74) is -0.350. The molecule has 0 radical (unpaired) electrons. The van der Waals surface area contributed by atoms with Gasteiger partial charge in [-0.05, 0) is 0 Å². The summed E-state index contributed by atoms with van der Waals surface area (Å²) in [5.74, 6) is 0. The Morgan fingerprint density at radius 2 is 2.19 bits per heavy atom. The molecule has 1 heterocycles. The van der Waals surface area contributed by atoms with E-state index >= 15 is 0 Å². The summed E-state index contributed by atoms with van der Waals surface area (Å²) in [6.07, 6.45) is -2.63. The van der Waals surface area contributed by atoms with Crippen molar-refractivity contribution in [2.45, 2.75) is 10.6 Å². The van der Waals surface area contributed by atoms with E-state index in [2.05, 4.69) is 14.8 Å². The van der Waals surface area contributed by atoms with Crippen LogP contribution in [0.5, 0.6) is 0 Å². The molecule has 0 aliphatic carbocycles. The molecule has 0 saturated carbocycles. The molecule has 0 aromatic carbocycles. The van der Waals surface area contributed by atoms with Gasteiger partial charge in [0.15, 0.2) is 5.00 Å². The summed E-state index contributed by atoms with van der Waals surface area (Å²) < 4.78 is 53.7. The largest absolute Gasteiger partial charge is 0.374 e. The van der Waals surface area contributed by atoms with Crippen molar-refractivity contribution in [2.24, 2.45) is 0 Å². The van der Waals surface area contributed by atoms with E-state index < -0.39 is 28.0 Å². The summed E-state index contributed by atoms with van der Waals surface area (Å²) in [6, 6.07) is 0.929. The predicted octanol–water partition coefficient (Wildman–Crippen LogP) is 1.26. The van der Waals surface area contributed by atoms with Crippen molar-refractivity contribution in [3.63, 3.8) is 0 Å². The first-order valence-corrected chi connectivity index (χ1v) is 7.89. The van der Waals surface area contributed by atoms with Crippen molar-refractivity contribution in [3.8, 4) is 0 Å². The molecule has 0 amide bonds. The lowest BCUT2D eigenvalue weighted by Gasteiger charge is -2.05. The number of thiophene rings is 1. The fourth-order valence-corrected chi connectivity index (χ4v) is 3.64. The Bertz CT molecular complexity index is 590. The third-order valence-corrected chi connectivity index (χ3v) is 5.24. The van der Waals surface area contributed by atoms with E-state index in [0.29, 0.717) is 11.3 Å². The minimum Gasteiger partial charge on any atom is -0.374 e. The van der Waals surface area contributed by atoms with Gasteiger partial charge in [-0.3, -0.25) is 10.1 Å². The number of nitrogens with zero attached hydrogens (tertiary/aromatic N) is 1. The van der Waals surface area contributed by atoms with Gasteiger partial charge in [0.2, 0.25) is 10.0 Å². The summed E-state index contributed by atoms with van der Waals surface area (Å²) in [7, 11) is -2.52. The molecular formula is C9H13F2N3O5S2. The van der Waals surface area contributed by atoms with Crippen molar-refractivity contribution >= 4 is 32.0 Å². The van der Waals surface area contributed by atoms with Crippen molar-refractivity contribution in [2.75, 3.05) is 32.1 Å². The van der Waals surface area contributed by atoms with Crippen LogP contribution in [0.15, 0.2) is 10.3 Å². The Hall–Kier alpha value is -1.37. The Kier molecular flexibility index (Phi) is 6.39. The van der Waals surface area contributed by atoms with E-state index in [0.717, 1.165) is 6.07 Å². The molecule has 0 saturated heterocycles. The Balaban J connectivity index is 2.68. The number of alkyl halides is 2. The molecule has 0 aliphatic heterocycles. The zero-order chi connectivity index (χ0) is 16.0. The van der Waals surface area contributed by atoms with E-state index in [4.69, 9.17) is 0 Å². The molecule has 0 spiro atoms. The Morgan fingerprint density at radius 1 is 1.52 bits per heavy atom. The second-order valence-electron chi connectivity index (χ2n) is 3.65. The zero-order valence-electron chi connectivity index (χ0n) is 10.8. The van der Waals surface area contributed by atoms with Crippen LogP contribution in [0.1, 0.15) is 0 Å². The quantitative estimate of drug-likeness (QED) is 0.396. The molecule has 120 valence electrons. The van der Waals surface area contributed by atoms with Gasteiger partial charge >= 0.3 is 5.69 Å². The van der Waals surface area contributed by atoms with Crippen LogP contribution in [0.25, 0.3) is 0 Å². The van der Waals surface area contributed by atoms with E-state index in [1.807, 2.05) is 0 Å². The number of halogens is 2. The molecule has 0 atom stereocenters. The average Bonchev–Trinajstić information content (AvgIpc) is 2.82. The molecule has 21 heavy (non-hydrogen) atoms. The van der Waals surface area contributed by atoms with Crippen LogP contribution in [-0.4, -0.2) is 46.6 Å². The molecule has 8 nitrogen and oxygen atoms in total. The number of hydrogen-bond donors (Lipinski definition) is 2. The number of rotatable bonds is 9. The highest BCUT2D eigenvalue weighted by molar-refractivity contribution is 7.91. The van der Waals surface area contributed by atoms with Crippen molar-refractivity contribution in [3.05, 3.63) is 16.2 Å². The second-order valence-corrected chi connectivity index (χ2v) is 6.70.